The Morgan fingerprint density at radius 1 is 1.24 bits per heavy atom. The molecule has 3 rings (SSSR count). The summed E-state index contributed by atoms with van der Waals surface area (Å²) in [5.41, 5.74) is 1.20. The normalized spacial score (nSPS) is 13.2. The molecule has 1 aliphatic heterocycles. The molecule has 1 amide bonds. The van der Waals surface area contributed by atoms with Crippen molar-refractivity contribution in [3.05, 3.63) is 34.1 Å². The van der Waals surface area contributed by atoms with Gasteiger partial charge in [0.1, 0.15) is 13.2 Å². The SMILES string of the molecule is CC(=O)NCCc1cc2cc3c(cc2[nH]c1=O)OCCO3. The molecule has 0 atom stereocenters. The van der Waals surface area contributed by atoms with E-state index in [0.717, 1.165) is 5.39 Å². The fourth-order valence-electron chi connectivity index (χ4n) is 2.35. The third-order valence-electron chi connectivity index (χ3n) is 3.35. The number of pyridine rings is 1. The molecule has 0 saturated carbocycles. The van der Waals surface area contributed by atoms with Crippen molar-refractivity contribution >= 4 is 16.8 Å². The van der Waals surface area contributed by atoms with Crippen LogP contribution in [0, 0.1) is 0 Å². The molecular weight excluding hydrogens is 272 g/mol. The van der Waals surface area contributed by atoms with Gasteiger partial charge in [0, 0.05) is 30.5 Å². The summed E-state index contributed by atoms with van der Waals surface area (Å²) < 4.78 is 11.0. The van der Waals surface area contributed by atoms with Crippen molar-refractivity contribution < 1.29 is 14.3 Å². The van der Waals surface area contributed by atoms with E-state index in [2.05, 4.69) is 10.3 Å². The van der Waals surface area contributed by atoms with Crippen LogP contribution in [0.4, 0.5) is 0 Å². The first-order valence-corrected chi connectivity index (χ1v) is 6.83. The summed E-state index contributed by atoms with van der Waals surface area (Å²) in [6.45, 7) is 2.93. The monoisotopic (exact) mass is 288 g/mol. The molecular formula is C15H16N2O4. The summed E-state index contributed by atoms with van der Waals surface area (Å²) in [7, 11) is 0. The molecule has 0 radical (unpaired) electrons. The molecule has 1 aliphatic rings. The number of hydrogen-bond acceptors (Lipinski definition) is 4. The average molecular weight is 288 g/mol. The molecule has 1 aromatic carbocycles. The molecule has 2 aromatic rings. The molecule has 0 bridgehead atoms. The molecule has 0 unspecified atom stereocenters. The van der Waals surface area contributed by atoms with Crippen LogP contribution in [-0.2, 0) is 11.2 Å². The number of ether oxygens (including phenoxy) is 2. The minimum absolute atomic E-state index is 0.105. The minimum atomic E-state index is -0.149. The Labute approximate surface area is 121 Å². The Bertz CT molecular complexity index is 751. The summed E-state index contributed by atoms with van der Waals surface area (Å²) in [6.07, 6.45) is 0.485. The van der Waals surface area contributed by atoms with E-state index in [-0.39, 0.29) is 11.5 Å². The van der Waals surface area contributed by atoms with Gasteiger partial charge in [-0.3, -0.25) is 9.59 Å². The molecule has 1 aromatic heterocycles. The standard InChI is InChI=1S/C15H16N2O4/c1-9(18)16-3-2-10-6-11-7-13-14(21-5-4-20-13)8-12(11)17-15(10)19/h6-8H,2-5H2,1H3,(H,16,18)(H,17,19). The fourth-order valence-corrected chi connectivity index (χ4v) is 2.35. The van der Waals surface area contributed by atoms with Crippen LogP contribution < -0.4 is 20.3 Å². The first-order chi connectivity index (χ1) is 10.1. The van der Waals surface area contributed by atoms with Gasteiger partial charge in [0.25, 0.3) is 5.56 Å². The van der Waals surface area contributed by atoms with Crippen molar-refractivity contribution in [3.8, 4) is 11.5 Å². The maximum Gasteiger partial charge on any atom is 0.251 e. The second kappa shape index (κ2) is 5.47. The molecule has 6 nitrogen and oxygen atoms in total. The number of rotatable bonds is 3. The number of H-pyrrole nitrogens is 1. The van der Waals surface area contributed by atoms with Gasteiger partial charge in [-0.05, 0) is 18.6 Å². The van der Waals surface area contributed by atoms with E-state index in [4.69, 9.17) is 9.47 Å². The van der Waals surface area contributed by atoms with Crippen LogP contribution >= 0.6 is 0 Å². The highest BCUT2D eigenvalue weighted by molar-refractivity contribution is 5.83. The smallest absolute Gasteiger partial charge is 0.251 e. The maximum absolute atomic E-state index is 12.0. The molecule has 21 heavy (non-hydrogen) atoms. The van der Waals surface area contributed by atoms with Crippen LogP contribution in [0.1, 0.15) is 12.5 Å². The third-order valence-corrected chi connectivity index (χ3v) is 3.35. The van der Waals surface area contributed by atoms with E-state index in [1.165, 1.54) is 6.92 Å². The molecule has 6 heteroatoms. The van der Waals surface area contributed by atoms with E-state index in [1.54, 1.807) is 6.07 Å². The zero-order valence-electron chi connectivity index (χ0n) is 11.7. The summed E-state index contributed by atoms with van der Waals surface area (Å²) in [4.78, 5) is 25.7. The Morgan fingerprint density at radius 2 is 1.95 bits per heavy atom. The second-order valence-corrected chi connectivity index (χ2v) is 4.94. The molecule has 0 saturated heterocycles. The van der Waals surface area contributed by atoms with Gasteiger partial charge in [-0.1, -0.05) is 0 Å². The zero-order chi connectivity index (χ0) is 14.8. The van der Waals surface area contributed by atoms with E-state index in [0.29, 0.717) is 48.8 Å². The Morgan fingerprint density at radius 3 is 2.67 bits per heavy atom. The average Bonchev–Trinajstić information content (AvgIpc) is 2.45. The Kier molecular flexibility index (Phi) is 3.51. The highest BCUT2D eigenvalue weighted by Crippen LogP contribution is 2.33. The van der Waals surface area contributed by atoms with Gasteiger partial charge < -0.3 is 19.8 Å². The first-order valence-electron chi connectivity index (χ1n) is 6.83. The number of nitrogens with one attached hydrogen (secondary N) is 2. The zero-order valence-corrected chi connectivity index (χ0v) is 11.7. The van der Waals surface area contributed by atoms with Crippen molar-refractivity contribution in [3.63, 3.8) is 0 Å². The van der Waals surface area contributed by atoms with E-state index in [9.17, 15) is 9.59 Å². The van der Waals surface area contributed by atoms with E-state index < -0.39 is 0 Å². The minimum Gasteiger partial charge on any atom is -0.486 e. The van der Waals surface area contributed by atoms with Crippen LogP contribution in [0.5, 0.6) is 11.5 Å². The predicted octanol–water partition coefficient (Wildman–Crippen LogP) is 0.978. The van der Waals surface area contributed by atoms with Crippen molar-refractivity contribution in [1.82, 2.24) is 10.3 Å². The van der Waals surface area contributed by atoms with Crippen molar-refractivity contribution in [2.45, 2.75) is 13.3 Å². The number of fused-ring (bicyclic) bond motifs is 2. The topological polar surface area (TPSA) is 80.4 Å². The van der Waals surface area contributed by atoms with Gasteiger partial charge in [0.15, 0.2) is 11.5 Å². The first kappa shape index (κ1) is 13.5. The van der Waals surface area contributed by atoms with Crippen LogP contribution in [-0.4, -0.2) is 30.6 Å². The second-order valence-electron chi connectivity index (χ2n) is 4.94. The number of amides is 1. The Hall–Kier alpha value is -2.50. The molecule has 0 spiro atoms. The van der Waals surface area contributed by atoms with Crippen LogP contribution in [0.25, 0.3) is 10.9 Å². The lowest BCUT2D eigenvalue weighted by Gasteiger charge is -2.18. The highest BCUT2D eigenvalue weighted by atomic mass is 16.6. The van der Waals surface area contributed by atoms with Gasteiger partial charge in [-0.2, -0.15) is 0 Å². The van der Waals surface area contributed by atoms with Gasteiger partial charge in [0.2, 0.25) is 5.91 Å². The molecule has 2 N–H and O–H groups in total. The number of aromatic nitrogens is 1. The van der Waals surface area contributed by atoms with Crippen LogP contribution in [0.2, 0.25) is 0 Å². The maximum atomic E-state index is 12.0. The number of aromatic amines is 1. The number of carbonyl (C=O) groups is 1. The summed E-state index contributed by atoms with van der Waals surface area (Å²) in [5, 5.41) is 3.57. The molecule has 0 fully saturated rings. The summed E-state index contributed by atoms with van der Waals surface area (Å²) in [5.74, 6) is 1.23. The lowest BCUT2D eigenvalue weighted by molar-refractivity contribution is -0.118. The number of carbonyl (C=O) groups excluding carboxylic acids is 1. The van der Waals surface area contributed by atoms with Gasteiger partial charge in [-0.15, -0.1) is 0 Å². The largest absolute Gasteiger partial charge is 0.486 e. The van der Waals surface area contributed by atoms with Crippen molar-refractivity contribution in [2.75, 3.05) is 19.8 Å². The third kappa shape index (κ3) is 2.84. The summed E-state index contributed by atoms with van der Waals surface area (Å²) >= 11 is 0. The molecule has 110 valence electrons. The van der Waals surface area contributed by atoms with Crippen LogP contribution in [0.3, 0.4) is 0 Å². The van der Waals surface area contributed by atoms with E-state index >= 15 is 0 Å². The van der Waals surface area contributed by atoms with Crippen molar-refractivity contribution in [1.29, 1.82) is 0 Å². The highest BCUT2D eigenvalue weighted by Gasteiger charge is 2.14. The van der Waals surface area contributed by atoms with Gasteiger partial charge >= 0.3 is 0 Å². The number of benzene rings is 1. The van der Waals surface area contributed by atoms with Gasteiger partial charge in [0.05, 0.1) is 5.52 Å². The lowest BCUT2D eigenvalue weighted by atomic mass is 10.1. The fraction of sp³-hybridized carbons (Fsp3) is 0.333. The lowest BCUT2D eigenvalue weighted by Crippen LogP contribution is -2.25. The van der Waals surface area contributed by atoms with Gasteiger partial charge in [-0.25, -0.2) is 0 Å². The number of hydrogen-bond donors (Lipinski definition) is 2. The van der Waals surface area contributed by atoms with E-state index in [1.807, 2.05) is 12.1 Å². The Balaban J connectivity index is 1.94. The summed E-state index contributed by atoms with van der Waals surface area (Å²) in [6, 6.07) is 5.47. The molecule has 0 aliphatic carbocycles. The van der Waals surface area contributed by atoms with Crippen molar-refractivity contribution in [2.24, 2.45) is 0 Å². The van der Waals surface area contributed by atoms with Crippen LogP contribution in [0.15, 0.2) is 23.0 Å². The predicted molar refractivity (Wildman–Crippen MR) is 77.9 cm³/mol. The molecule has 2 heterocycles. The quantitative estimate of drug-likeness (QED) is 0.882.